The van der Waals surface area contributed by atoms with Gasteiger partial charge in [0.05, 0.1) is 19.2 Å². The second-order valence-corrected chi connectivity index (χ2v) is 8.86. The fraction of sp³-hybridized carbons (Fsp3) is 0.400. The lowest BCUT2D eigenvalue weighted by Gasteiger charge is -2.35. The quantitative estimate of drug-likeness (QED) is 0.711. The highest BCUT2D eigenvalue weighted by atomic mass is 35.5. The maximum absolute atomic E-state index is 13.2. The van der Waals surface area contributed by atoms with Gasteiger partial charge in [-0.3, -0.25) is 0 Å². The molecule has 6 nitrogen and oxygen atoms in total. The van der Waals surface area contributed by atoms with Crippen molar-refractivity contribution in [3.8, 4) is 11.5 Å². The van der Waals surface area contributed by atoms with Crippen LogP contribution in [0.5, 0.6) is 11.5 Å². The summed E-state index contributed by atoms with van der Waals surface area (Å²) in [4.78, 5) is 2.27. The molecule has 8 heteroatoms. The number of methoxy groups -OCH3 is 2. The van der Waals surface area contributed by atoms with Gasteiger partial charge >= 0.3 is 0 Å². The van der Waals surface area contributed by atoms with Crippen LogP contribution in [0.1, 0.15) is 12.5 Å². The molecule has 1 aliphatic rings. The third kappa shape index (κ3) is 4.06. The van der Waals surface area contributed by atoms with Crippen LogP contribution >= 0.6 is 11.6 Å². The molecule has 0 unspecified atom stereocenters. The molecule has 1 fully saturated rings. The molecule has 1 aliphatic heterocycles. The van der Waals surface area contributed by atoms with Gasteiger partial charge in [0, 0.05) is 44.0 Å². The summed E-state index contributed by atoms with van der Waals surface area (Å²) in [7, 11) is -0.851. The number of nitrogens with zero attached hydrogens (tertiary/aromatic N) is 2. The molecule has 0 saturated carbocycles. The SMILES string of the molecule is CCc1ccc(N2CCN(S(=O)(=O)c3cc(OC)c(Cl)cc3OC)CC2)cc1. The Morgan fingerprint density at radius 3 is 2.11 bits per heavy atom. The minimum absolute atomic E-state index is 0.0667. The Kier molecular flexibility index (Phi) is 6.37. The number of aryl methyl sites for hydroxylation is 1. The maximum Gasteiger partial charge on any atom is 0.247 e. The first-order chi connectivity index (χ1) is 13.4. The van der Waals surface area contributed by atoms with Crippen molar-refractivity contribution >= 4 is 27.3 Å². The van der Waals surface area contributed by atoms with E-state index in [1.54, 1.807) is 0 Å². The number of hydrogen-bond donors (Lipinski definition) is 0. The lowest BCUT2D eigenvalue weighted by molar-refractivity contribution is 0.371. The first-order valence-electron chi connectivity index (χ1n) is 9.16. The number of benzene rings is 2. The fourth-order valence-electron chi connectivity index (χ4n) is 3.30. The molecule has 2 aromatic carbocycles. The summed E-state index contributed by atoms with van der Waals surface area (Å²) in [5, 5.41) is 0.304. The van der Waals surface area contributed by atoms with Gasteiger partial charge in [-0.05, 0) is 24.1 Å². The summed E-state index contributed by atoms with van der Waals surface area (Å²) in [6.45, 7) is 4.16. The van der Waals surface area contributed by atoms with Crippen molar-refractivity contribution in [2.75, 3.05) is 45.3 Å². The molecule has 1 saturated heterocycles. The summed E-state index contributed by atoms with van der Waals surface area (Å²) < 4.78 is 38.3. The van der Waals surface area contributed by atoms with E-state index in [0.29, 0.717) is 37.0 Å². The van der Waals surface area contributed by atoms with Gasteiger partial charge in [-0.15, -0.1) is 0 Å². The molecule has 0 N–H and O–H groups in total. The summed E-state index contributed by atoms with van der Waals surface area (Å²) in [5.41, 5.74) is 2.40. The van der Waals surface area contributed by atoms with Gasteiger partial charge in [0.2, 0.25) is 10.0 Å². The fourth-order valence-corrected chi connectivity index (χ4v) is 5.11. The lowest BCUT2D eigenvalue weighted by atomic mass is 10.1. The topological polar surface area (TPSA) is 59.1 Å². The standard InChI is InChI=1S/C20H25ClN2O4S/c1-4-15-5-7-16(8-6-15)22-9-11-23(12-10-22)28(24,25)20-14-18(26-2)17(21)13-19(20)27-3/h5-8,13-14H,4,9-12H2,1-3H3. The lowest BCUT2D eigenvalue weighted by Crippen LogP contribution is -2.48. The third-order valence-corrected chi connectivity index (χ3v) is 7.22. The molecule has 1 heterocycles. The van der Waals surface area contributed by atoms with E-state index < -0.39 is 10.0 Å². The van der Waals surface area contributed by atoms with Gasteiger partial charge in [-0.25, -0.2) is 8.42 Å². The van der Waals surface area contributed by atoms with E-state index in [2.05, 4.69) is 36.1 Å². The predicted octanol–water partition coefficient (Wildman–Crippen LogP) is 3.43. The van der Waals surface area contributed by atoms with Crippen LogP contribution in [0.4, 0.5) is 5.69 Å². The van der Waals surface area contributed by atoms with Crippen LogP contribution in [0.15, 0.2) is 41.3 Å². The predicted molar refractivity (Wildman–Crippen MR) is 111 cm³/mol. The Hall–Kier alpha value is -1.96. The molecule has 0 aliphatic carbocycles. The van der Waals surface area contributed by atoms with Crippen LogP contribution in [0, 0.1) is 0 Å². The Labute approximate surface area is 171 Å². The molecule has 28 heavy (non-hydrogen) atoms. The van der Waals surface area contributed by atoms with Gasteiger partial charge in [0.1, 0.15) is 16.4 Å². The van der Waals surface area contributed by atoms with Crippen molar-refractivity contribution < 1.29 is 17.9 Å². The Morgan fingerprint density at radius 2 is 1.57 bits per heavy atom. The molecule has 0 radical (unpaired) electrons. The highest BCUT2D eigenvalue weighted by Gasteiger charge is 2.32. The number of ether oxygens (including phenoxy) is 2. The van der Waals surface area contributed by atoms with Crippen LogP contribution in [-0.4, -0.2) is 53.1 Å². The van der Waals surface area contributed by atoms with E-state index in [0.717, 1.165) is 12.1 Å². The van der Waals surface area contributed by atoms with E-state index in [4.69, 9.17) is 21.1 Å². The number of piperazine rings is 1. The zero-order valence-electron chi connectivity index (χ0n) is 16.3. The van der Waals surface area contributed by atoms with E-state index in [1.165, 1.54) is 36.2 Å². The molecular weight excluding hydrogens is 400 g/mol. The first-order valence-corrected chi connectivity index (χ1v) is 11.0. The summed E-state index contributed by atoms with van der Waals surface area (Å²) in [6, 6.07) is 11.3. The summed E-state index contributed by atoms with van der Waals surface area (Å²) in [6.07, 6.45) is 0.999. The van der Waals surface area contributed by atoms with Crippen LogP contribution in [0.25, 0.3) is 0 Å². The average molecular weight is 425 g/mol. The number of rotatable bonds is 6. The van der Waals surface area contributed by atoms with Gasteiger partial charge in [0.15, 0.2) is 0 Å². The highest BCUT2D eigenvalue weighted by molar-refractivity contribution is 7.89. The minimum Gasteiger partial charge on any atom is -0.495 e. The van der Waals surface area contributed by atoms with Gasteiger partial charge in [0.25, 0.3) is 0 Å². The van der Waals surface area contributed by atoms with E-state index in [1.807, 2.05) is 0 Å². The van der Waals surface area contributed by atoms with Crippen molar-refractivity contribution in [1.82, 2.24) is 4.31 Å². The molecule has 2 aromatic rings. The van der Waals surface area contributed by atoms with Gasteiger partial charge in [-0.1, -0.05) is 30.7 Å². The van der Waals surface area contributed by atoms with Gasteiger partial charge in [-0.2, -0.15) is 4.31 Å². The largest absolute Gasteiger partial charge is 0.495 e. The molecule has 3 rings (SSSR count). The molecule has 0 amide bonds. The molecule has 0 spiro atoms. The zero-order valence-corrected chi connectivity index (χ0v) is 17.9. The maximum atomic E-state index is 13.2. The van der Waals surface area contributed by atoms with Crippen molar-refractivity contribution in [3.05, 3.63) is 47.0 Å². The third-order valence-electron chi connectivity index (χ3n) is 5.00. The van der Waals surface area contributed by atoms with Crippen LogP contribution in [0.3, 0.4) is 0 Å². The highest BCUT2D eigenvalue weighted by Crippen LogP contribution is 2.36. The summed E-state index contributed by atoms with van der Waals surface area (Å²) >= 11 is 6.10. The molecule has 0 bridgehead atoms. The van der Waals surface area contributed by atoms with Gasteiger partial charge < -0.3 is 14.4 Å². The molecule has 0 aromatic heterocycles. The average Bonchev–Trinajstić information content (AvgIpc) is 2.73. The Balaban J connectivity index is 1.79. The van der Waals surface area contributed by atoms with E-state index >= 15 is 0 Å². The van der Waals surface area contributed by atoms with Crippen LogP contribution in [-0.2, 0) is 16.4 Å². The Bertz CT molecular complexity index is 924. The second kappa shape index (κ2) is 8.59. The first kappa shape index (κ1) is 20.8. The van der Waals surface area contributed by atoms with E-state index in [-0.39, 0.29) is 10.6 Å². The normalized spacial score (nSPS) is 15.5. The summed E-state index contributed by atoms with van der Waals surface area (Å²) in [5.74, 6) is 0.513. The molecule has 152 valence electrons. The minimum atomic E-state index is -3.73. The van der Waals surface area contributed by atoms with Crippen molar-refractivity contribution in [2.45, 2.75) is 18.2 Å². The zero-order chi connectivity index (χ0) is 20.3. The second-order valence-electron chi connectivity index (χ2n) is 6.55. The van der Waals surface area contributed by atoms with Crippen molar-refractivity contribution in [2.24, 2.45) is 0 Å². The Morgan fingerprint density at radius 1 is 0.964 bits per heavy atom. The molecule has 0 atom stereocenters. The number of halogens is 1. The van der Waals surface area contributed by atoms with Crippen molar-refractivity contribution in [3.63, 3.8) is 0 Å². The number of sulfonamides is 1. The smallest absolute Gasteiger partial charge is 0.247 e. The molecular formula is C20H25ClN2O4S. The van der Waals surface area contributed by atoms with Crippen LogP contribution < -0.4 is 14.4 Å². The number of anilines is 1. The number of hydrogen-bond acceptors (Lipinski definition) is 5. The van der Waals surface area contributed by atoms with Crippen molar-refractivity contribution in [1.29, 1.82) is 0 Å². The van der Waals surface area contributed by atoms with E-state index in [9.17, 15) is 8.42 Å². The van der Waals surface area contributed by atoms with Crippen LogP contribution in [0.2, 0.25) is 5.02 Å². The monoisotopic (exact) mass is 424 g/mol.